The summed E-state index contributed by atoms with van der Waals surface area (Å²) >= 11 is 0. The molecule has 68 valence electrons. The maximum absolute atomic E-state index is 10.5. The van der Waals surface area contributed by atoms with E-state index >= 15 is 0 Å². The smallest absolute Gasteiger partial charge is 0.407 e. The number of ether oxygens (including phenoxy) is 1. The van der Waals surface area contributed by atoms with E-state index in [1.54, 1.807) is 0 Å². The van der Waals surface area contributed by atoms with Gasteiger partial charge in [-0.15, -0.1) is 0 Å². The molecular formula is C6H10N2O4. The topological polar surface area (TPSA) is 87.7 Å². The molecule has 1 aliphatic heterocycles. The van der Waals surface area contributed by atoms with E-state index in [1.165, 1.54) is 0 Å². The fourth-order valence-corrected chi connectivity index (χ4v) is 0.886. The summed E-state index contributed by atoms with van der Waals surface area (Å²) < 4.78 is 4.74. The number of carbonyl (C=O) groups is 2. The zero-order valence-corrected chi connectivity index (χ0v) is 6.37. The van der Waals surface area contributed by atoms with Gasteiger partial charge in [-0.05, 0) is 0 Å². The second-order valence-corrected chi connectivity index (χ2v) is 2.43. The summed E-state index contributed by atoms with van der Waals surface area (Å²) in [6, 6.07) is 0. The molecule has 12 heavy (non-hydrogen) atoms. The number of hydrogen-bond donors (Lipinski definition) is 3. The molecule has 0 aromatic rings. The number of hydrogen-bond acceptors (Lipinski definition) is 4. The van der Waals surface area contributed by atoms with Crippen LogP contribution in [-0.2, 0) is 9.53 Å². The molecular weight excluding hydrogens is 164 g/mol. The van der Waals surface area contributed by atoms with E-state index < -0.39 is 12.1 Å². The van der Waals surface area contributed by atoms with E-state index in [0.29, 0.717) is 13.1 Å². The van der Waals surface area contributed by atoms with Crippen LogP contribution >= 0.6 is 0 Å². The third-order valence-electron chi connectivity index (χ3n) is 1.40. The largest absolute Gasteiger partial charge is 0.480 e. The second-order valence-electron chi connectivity index (χ2n) is 2.43. The third-order valence-corrected chi connectivity index (χ3v) is 1.40. The Morgan fingerprint density at radius 3 is 3.08 bits per heavy atom. The van der Waals surface area contributed by atoms with Crippen molar-refractivity contribution in [2.24, 2.45) is 0 Å². The van der Waals surface area contributed by atoms with Crippen molar-refractivity contribution in [3.63, 3.8) is 0 Å². The lowest BCUT2D eigenvalue weighted by atomic mass is 10.3. The highest BCUT2D eigenvalue weighted by Gasteiger charge is 2.21. The zero-order valence-electron chi connectivity index (χ0n) is 6.37. The van der Waals surface area contributed by atoms with E-state index in [4.69, 9.17) is 9.84 Å². The molecule has 3 N–H and O–H groups in total. The van der Waals surface area contributed by atoms with E-state index in [2.05, 4.69) is 10.6 Å². The summed E-state index contributed by atoms with van der Waals surface area (Å²) in [6.07, 6.45) is -0.700. The second kappa shape index (κ2) is 3.91. The summed E-state index contributed by atoms with van der Waals surface area (Å²) in [7, 11) is 0. The van der Waals surface area contributed by atoms with E-state index in [0.717, 1.165) is 0 Å². The van der Waals surface area contributed by atoms with Crippen molar-refractivity contribution < 1.29 is 19.4 Å². The number of carboxylic acid groups (broad SMARTS) is 1. The first-order valence-electron chi connectivity index (χ1n) is 3.55. The SMILES string of the molecule is O=C(O)CNCC1CNC(=O)O1. The molecule has 1 amide bonds. The van der Waals surface area contributed by atoms with Crippen molar-refractivity contribution in [2.75, 3.05) is 19.6 Å². The van der Waals surface area contributed by atoms with Gasteiger partial charge in [0, 0.05) is 6.54 Å². The van der Waals surface area contributed by atoms with Crippen LogP contribution < -0.4 is 10.6 Å². The molecule has 6 nitrogen and oxygen atoms in total. The first-order valence-corrected chi connectivity index (χ1v) is 3.55. The van der Waals surface area contributed by atoms with Crippen molar-refractivity contribution in [3.8, 4) is 0 Å². The molecule has 0 aromatic heterocycles. The van der Waals surface area contributed by atoms with Crippen LogP contribution in [0.15, 0.2) is 0 Å². The van der Waals surface area contributed by atoms with Gasteiger partial charge in [0.15, 0.2) is 0 Å². The van der Waals surface area contributed by atoms with Gasteiger partial charge in [0.05, 0.1) is 13.1 Å². The predicted molar refractivity (Wildman–Crippen MR) is 38.8 cm³/mol. The number of aliphatic carboxylic acids is 1. The molecule has 1 heterocycles. The van der Waals surface area contributed by atoms with Gasteiger partial charge in [-0.3, -0.25) is 4.79 Å². The highest BCUT2D eigenvalue weighted by atomic mass is 16.6. The van der Waals surface area contributed by atoms with Crippen LogP contribution in [0.4, 0.5) is 4.79 Å². The summed E-state index contributed by atoms with van der Waals surface area (Å²) in [4.78, 5) is 20.5. The molecule has 1 aliphatic rings. The third kappa shape index (κ3) is 2.75. The molecule has 1 saturated heterocycles. The Labute approximate surface area is 68.9 Å². The first-order chi connectivity index (χ1) is 5.68. The first kappa shape index (κ1) is 8.79. The van der Waals surface area contributed by atoms with Gasteiger partial charge in [0.1, 0.15) is 6.10 Å². The summed E-state index contributed by atoms with van der Waals surface area (Å²) in [5.74, 6) is -0.924. The molecule has 0 spiro atoms. The Hall–Kier alpha value is -1.30. The minimum absolute atomic E-state index is 0.117. The normalized spacial score (nSPS) is 21.7. The van der Waals surface area contributed by atoms with Gasteiger partial charge in [-0.2, -0.15) is 0 Å². The number of alkyl carbamates (subject to hydrolysis) is 1. The van der Waals surface area contributed by atoms with Crippen LogP contribution in [-0.4, -0.2) is 42.9 Å². The number of cyclic esters (lactones) is 1. The van der Waals surface area contributed by atoms with Gasteiger partial charge in [-0.1, -0.05) is 0 Å². The number of rotatable bonds is 4. The molecule has 1 rings (SSSR count). The predicted octanol–water partition coefficient (Wildman–Crippen LogP) is -1.23. The highest BCUT2D eigenvalue weighted by molar-refractivity contribution is 5.70. The van der Waals surface area contributed by atoms with Crippen LogP contribution in [0.1, 0.15) is 0 Å². The van der Waals surface area contributed by atoms with E-state index in [-0.39, 0.29) is 12.6 Å². The minimum Gasteiger partial charge on any atom is -0.480 e. The number of amides is 1. The van der Waals surface area contributed by atoms with Crippen molar-refractivity contribution in [1.82, 2.24) is 10.6 Å². The van der Waals surface area contributed by atoms with Crippen LogP contribution in [0.5, 0.6) is 0 Å². The Kier molecular flexibility index (Phi) is 2.87. The van der Waals surface area contributed by atoms with Gasteiger partial charge in [-0.25, -0.2) is 4.79 Å². The summed E-state index contributed by atoms with van der Waals surface area (Å²) in [6.45, 7) is 0.685. The van der Waals surface area contributed by atoms with Crippen LogP contribution in [0.2, 0.25) is 0 Å². The molecule has 0 saturated carbocycles. The van der Waals surface area contributed by atoms with Crippen LogP contribution in [0, 0.1) is 0 Å². The van der Waals surface area contributed by atoms with Gasteiger partial charge in [0.25, 0.3) is 0 Å². The number of carboxylic acids is 1. The maximum atomic E-state index is 10.5. The van der Waals surface area contributed by atoms with Crippen molar-refractivity contribution in [2.45, 2.75) is 6.10 Å². The summed E-state index contributed by atoms with van der Waals surface area (Å²) in [5.41, 5.74) is 0. The lowest BCUT2D eigenvalue weighted by molar-refractivity contribution is -0.136. The zero-order chi connectivity index (χ0) is 8.97. The Morgan fingerprint density at radius 1 is 1.83 bits per heavy atom. The van der Waals surface area contributed by atoms with Crippen molar-refractivity contribution in [1.29, 1.82) is 0 Å². The number of nitrogens with one attached hydrogen (secondary N) is 2. The number of carbonyl (C=O) groups excluding carboxylic acids is 1. The van der Waals surface area contributed by atoms with E-state index in [1.807, 2.05) is 0 Å². The molecule has 0 aliphatic carbocycles. The maximum Gasteiger partial charge on any atom is 0.407 e. The fraction of sp³-hybridized carbons (Fsp3) is 0.667. The van der Waals surface area contributed by atoms with E-state index in [9.17, 15) is 9.59 Å². The molecule has 1 atom stereocenters. The Morgan fingerprint density at radius 2 is 2.58 bits per heavy atom. The lowest BCUT2D eigenvalue weighted by Gasteiger charge is -2.06. The quantitative estimate of drug-likeness (QED) is 0.496. The molecule has 1 fully saturated rings. The molecule has 6 heteroatoms. The molecule has 0 bridgehead atoms. The van der Waals surface area contributed by atoms with Crippen molar-refractivity contribution in [3.05, 3.63) is 0 Å². The lowest BCUT2D eigenvalue weighted by Crippen LogP contribution is -2.32. The Bertz CT molecular complexity index is 194. The molecule has 0 aromatic carbocycles. The van der Waals surface area contributed by atoms with Crippen molar-refractivity contribution >= 4 is 12.1 Å². The minimum atomic E-state index is -0.924. The fourth-order valence-electron chi connectivity index (χ4n) is 0.886. The highest BCUT2D eigenvalue weighted by Crippen LogP contribution is 1.97. The van der Waals surface area contributed by atoms with Gasteiger partial charge < -0.3 is 20.5 Å². The monoisotopic (exact) mass is 174 g/mol. The van der Waals surface area contributed by atoms with Gasteiger partial charge >= 0.3 is 12.1 Å². The van der Waals surface area contributed by atoms with Crippen LogP contribution in [0.3, 0.4) is 0 Å². The summed E-state index contributed by atoms with van der Waals surface area (Å²) in [5, 5.41) is 13.3. The molecule has 0 radical (unpaired) electrons. The standard InChI is InChI=1S/C6H10N2O4/c9-5(10)3-7-1-4-2-8-6(11)12-4/h4,7H,1-3H2,(H,8,11)(H,9,10). The Balaban J connectivity index is 2.08. The van der Waals surface area contributed by atoms with Crippen LogP contribution in [0.25, 0.3) is 0 Å². The average Bonchev–Trinajstić information content (AvgIpc) is 2.35. The average molecular weight is 174 g/mol. The van der Waals surface area contributed by atoms with Gasteiger partial charge in [0.2, 0.25) is 0 Å². The molecule has 1 unspecified atom stereocenters.